The molecule has 0 aliphatic carbocycles. The van der Waals surface area contributed by atoms with Crippen molar-refractivity contribution in [3.63, 3.8) is 0 Å². The number of carbonyl (C=O) groups is 4. The van der Waals surface area contributed by atoms with Crippen molar-refractivity contribution < 1.29 is 28.7 Å². The van der Waals surface area contributed by atoms with Crippen LogP contribution in [-0.4, -0.2) is 53.6 Å². The summed E-state index contributed by atoms with van der Waals surface area (Å²) in [6, 6.07) is 14.6. The number of alkyl carbamates (subject to hydrolysis) is 1. The molecule has 9 nitrogen and oxygen atoms in total. The van der Waals surface area contributed by atoms with Crippen molar-refractivity contribution >= 4 is 23.9 Å². The summed E-state index contributed by atoms with van der Waals surface area (Å²) in [6.07, 6.45) is 5.15. The molecule has 0 saturated carbocycles. The van der Waals surface area contributed by atoms with Crippen molar-refractivity contribution in [1.29, 1.82) is 0 Å². The van der Waals surface area contributed by atoms with Gasteiger partial charge in [0, 0.05) is 19.0 Å². The number of hydrogen-bond acceptors (Lipinski definition) is 6. The second kappa shape index (κ2) is 14.7. The number of aryl methyl sites for hydroxylation is 2. The van der Waals surface area contributed by atoms with Crippen LogP contribution in [0.15, 0.2) is 48.5 Å². The number of amides is 3. The Balaban J connectivity index is 2.45. The van der Waals surface area contributed by atoms with Gasteiger partial charge in [-0.2, -0.15) is 0 Å². The fraction of sp³-hybridized carbons (Fsp3) is 0.419. The molecule has 2 rings (SSSR count). The van der Waals surface area contributed by atoms with Crippen LogP contribution in [0.5, 0.6) is 0 Å². The van der Waals surface area contributed by atoms with Gasteiger partial charge in [-0.05, 0) is 58.2 Å². The monoisotopic (exact) mass is 549 g/mol. The maximum absolute atomic E-state index is 14.0. The van der Waals surface area contributed by atoms with E-state index in [-0.39, 0.29) is 26.0 Å². The molecule has 0 fully saturated rings. The molecule has 2 aromatic rings. The summed E-state index contributed by atoms with van der Waals surface area (Å²) in [4.78, 5) is 53.1. The van der Waals surface area contributed by atoms with Gasteiger partial charge in [0.25, 0.3) is 5.91 Å². The van der Waals surface area contributed by atoms with Gasteiger partial charge >= 0.3 is 12.1 Å². The Bertz CT molecular complexity index is 1230. The zero-order valence-corrected chi connectivity index (χ0v) is 24.1. The van der Waals surface area contributed by atoms with Gasteiger partial charge in [-0.1, -0.05) is 60.5 Å². The summed E-state index contributed by atoms with van der Waals surface area (Å²) in [5.41, 5.74) is 2.21. The first-order valence-corrected chi connectivity index (χ1v) is 13.2. The van der Waals surface area contributed by atoms with Gasteiger partial charge in [-0.3, -0.25) is 19.3 Å². The lowest BCUT2D eigenvalue weighted by atomic mass is 9.96. The van der Waals surface area contributed by atoms with E-state index in [1.807, 2.05) is 56.3 Å². The van der Waals surface area contributed by atoms with Crippen LogP contribution in [0.1, 0.15) is 62.4 Å². The number of terminal acetylenes is 1. The van der Waals surface area contributed by atoms with E-state index in [1.54, 1.807) is 33.8 Å². The van der Waals surface area contributed by atoms with E-state index < -0.39 is 41.6 Å². The molecular formula is C31H39N3O6. The predicted octanol–water partition coefficient (Wildman–Crippen LogP) is 3.97. The lowest BCUT2D eigenvalue weighted by Gasteiger charge is -2.31. The van der Waals surface area contributed by atoms with E-state index in [0.29, 0.717) is 5.56 Å². The highest BCUT2D eigenvalue weighted by molar-refractivity contribution is 5.93. The molecule has 0 aromatic heterocycles. The third kappa shape index (κ3) is 9.77. The highest BCUT2D eigenvalue weighted by Gasteiger charge is 2.36. The van der Waals surface area contributed by atoms with Crippen LogP contribution >= 0.6 is 0 Å². The maximum atomic E-state index is 14.0. The number of nitrogens with one attached hydrogen (secondary N) is 2. The van der Waals surface area contributed by atoms with Crippen LogP contribution in [0.25, 0.3) is 0 Å². The van der Waals surface area contributed by atoms with Crippen molar-refractivity contribution in [2.45, 2.75) is 72.1 Å². The summed E-state index contributed by atoms with van der Waals surface area (Å²) < 4.78 is 10.3. The highest BCUT2D eigenvalue weighted by atomic mass is 16.6. The number of rotatable bonds is 11. The first kappa shape index (κ1) is 31.9. The van der Waals surface area contributed by atoms with Crippen LogP contribution in [0, 0.1) is 26.3 Å². The molecule has 2 aromatic carbocycles. The van der Waals surface area contributed by atoms with E-state index in [4.69, 9.17) is 15.9 Å². The number of esters is 1. The van der Waals surface area contributed by atoms with E-state index in [2.05, 4.69) is 16.7 Å². The normalized spacial score (nSPS) is 12.3. The summed E-state index contributed by atoms with van der Waals surface area (Å²) in [5.74, 6) is -1.69. The molecule has 2 unspecified atom stereocenters. The number of ether oxygens (including phenoxy) is 2. The summed E-state index contributed by atoms with van der Waals surface area (Å²) in [6.45, 7) is 10.8. The second-order valence-electron chi connectivity index (χ2n) is 10.3. The SMILES string of the molecule is C#CN(C(=O)C(Cc1ccccc1)NC(=O)OC(C)(C)C)C(C(=O)NCCC(=O)OCC)c1ccc(C)cc1C. The molecule has 0 spiro atoms. The van der Waals surface area contributed by atoms with E-state index in [0.717, 1.165) is 21.6 Å². The Labute approximate surface area is 236 Å². The molecule has 9 heteroatoms. The van der Waals surface area contributed by atoms with Crippen molar-refractivity contribution in [1.82, 2.24) is 15.5 Å². The lowest BCUT2D eigenvalue weighted by molar-refractivity contribution is -0.143. The van der Waals surface area contributed by atoms with Crippen LogP contribution in [-0.2, 0) is 30.3 Å². The van der Waals surface area contributed by atoms with E-state index in [1.165, 1.54) is 0 Å². The lowest BCUT2D eigenvalue weighted by Crippen LogP contribution is -2.52. The molecule has 0 aliphatic rings. The average Bonchev–Trinajstić information content (AvgIpc) is 2.86. The predicted molar refractivity (Wildman–Crippen MR) is 152 cm³/mol. The second-order valence-corrected chi connectivity index (χ2v) is 10.3. The largest absolute Gasteiger partial charge is 0.466 e. The molecule has 3 amide bonds. The third-order valence-corrected chi connectivity index (χ3v) is 5.81. The van der Waals surface area contributed by atoms with Crippen molar-refractivity contribution in [2.75, 3.05) is 13.2 Å². The quantitative estimate of drug-likeness (QED) is 0.249. The van der Waals surface area contributed by atoms with Gasteiger partial charge in [0.15, 0.2) is 0 Å². The molecule has 0 aliphatic heterocycles. The van der Waals surface area contributed by atoms with Gasteiger partial charge in [-0.15, -0.1) is 0 Å². The van der Waals surface area contributed by atoms with Crippen LogP contribution in [0.2, 0.25) is 0 Å². The minimum atomic E-state index is -1.22. The smallest absolute Gasteiger partial charge is 0.408 e. The van der Waals surface area contributed by atoms with Crippen LogP contribution in [0.4, 0.5) is 4.79 Å². The Hall–Kier alpha value is -4.32. The molecule has 0 saturated heterocycles. The fourth-order valence-corrected chi connectivity index (χ4v) is 4.08. The molecule has 40 heavy (non-hydrogen) atoms. The Morgan fingerprint density at radius 3 is 2.30 bits per heavy atom. The fourth-order valence-electron chi connectivity index (χ4n) is 4.08. The van der Waals surface area contributed by atoms with Gasteiger partial charge in [0.1, 0.15) is 17.7 Å². The minimum absolute atomic E-state index is 0.00468. The minimum Gasteiger partial charge on any atom is -0.466 e. The number of hydrogen-bond donors (Lipinski definition) is 2. The van der Waals surface area contributed by atoms with Gasteiger partial charge in [0.2, 0.25) is 5.91 Å². The molecule has 2 atom stereocenters. The van der Waals surface area contributed by atoms with Crippen molar-refractivity contribution in [3.05, 3.63) is 70.8 Å². The topological polar surface area (TPSA) is 114 Å². The summed E-state index contributed by atoms with van der Waals surface area (Å²) in [5, 5.41) is 5.34. The molecule has 0 bridgehead atoms. The van der Waals surface area contributed by atoms with Crippen LogP contribution < -0.4 is 10.6 Å². The molecular weight excluding hydrogens is 510 g/mol. The number of carbonyl (C=O) groups excluding carboxylic acids is 4. The Morgan fingerprint density at radius 2 is 1.73 bits per heavy atom. The van der Waals surface area contributed by atoms with Gasteiger partial charge < -0.3 is 20.1 Å². The zero-order valence-electron chi connectivity index (χ0n) is 24.1. The van der Waals surface area contributed by atoms with Crippen LogP contribution in [0.3, 0.4) is 0 Å². The molecule has 214 valence electrons. The summed E-state index contributed by atoms with van der Waals surface area (Å²) in [7, 11) is 0. The van der Waals surface area contributed by atoms with E-state index in [9.17, 15) is 19.2 Å². The molecule has 2 N–H and O–H groups in total. The Kier molecular flexibility index (Phi) is 11.7. The van der Waals surface area contributed by atoms with Gasteiger partial charge in [-0.25, -0.2) is 4.79 Å². The highest BCUT2D eigenvalue weighted by Crippen LogP contribution is 2.26. The standard InChI is InChI=1S/C31H39N3O6/c1-8-34(29(37)25(20-23-13-11-10-12-14-23)33-30(38)40-31(5,6)7)27(24-16-15-21(3)19-22(24)4)28(36)32-18-17-26(35)39-9-2/h1,10-16,19,25,27H,9,17-18,20H2,2-7H3,(H,32,36)(H,33,38). The molecule has 0 heterocycles. The first-order chi connectivity index (χ1) is 18.9. The zero-order chi connectivity index (χ0) is 29.9. The molecule has 0 radical (unpaired) electrons. The first-order valence-electron chi connectivity index (χ1n) is 13.2. The summed E-state index contributed by atoms with van der Waals surface area (Å²) >= 11 is 0. The Morgan fingerprint density at radius 1 is 1.05 bits per heavy atom. The van der Waals surface area contributed by atoms with Crippen molar-refractivity contribution in [2.24, 2.45) is 0 Å². The number of nitrogens with zero attached hydrogens (tertiary/aromatic N) is 1. The van der Waals surface area contributed by atoms with Gasteiger partial charge in [0.05, 0.1) is 13.0 Å². The average molecular weight is 550 g/mol. The number of benzene rings is 2. The third-order valence-electron chi connectivity index (χ3n) is 5.81. The van der Waals surface area contributed by atoms with E-state index >= 15 is 0 Å². The maximum Gasteiger partial charge on any atom is 0.408 e. The van der Waals surface area contributed by atoms with Crippen molar-refractivity contribution in [3.8, 4) is 12.5 Å².